The molecule has 0 unspecified atom stereocenters. The van der Waals surface area contributed by atoms with Gasteiger partial charge in [-0.1, -0.05) is 6.07 Å². The first-order valence-electron chi connectivity index (χ1n) is 13.1. The zero-order chi connectivity index (χ0) is 31.1. The molecule has 0 spiro atoms. The molecule has 0 amide bonds. The van der Waals surface area contributed by atoms with E-state index in [9.17, 15) is 18.5 Å². The van der Waals surface area contributed by atoms with Gasteiger partial charge in [-0.3, -0.25) is 19.8 Å². The Morgan fingerprint density at radius 1 is 1.05 bits per heavy atom. The number of ether oxygens (including phenoxy) is 2. The summed E-state index contributed by atoms with van der Waals surface area (Å²) in [5, 5.41) is 15.5. The summed E-state index contributed by atoms with van der Waals surface area (Å²) in [4.78, 5) is 17.7. The van der Waals surface area contributed by atoms with Crippen molar-refractivity contribution in [2.75, 3.05) is 30.1 Å². The second-order valence-electron chi connectivity index (χ2n) is 10.0. The van der Waals surface area contributed by atoms with Gasteiger partial charge in [-0.05, 0) is 68.0 Å². The number of aryl methyl sites for hydroxylation is 1. The molecule has 1 fully saturated rings. The van der Waals surface area contributed by atoms with Crippen LogP contribution in [0.3, 0.4) is 0 Å². The average molecular weight is 623 g/mol. The Hall–Kier alpha value is -4.69. The Labute approximate surface area is 254 Å². The van der Waals surface area contributed by atoms with Gasteiger partial charge in [0.2, 0.25) is 10.0 Å². The maximum atomic E-state index is 11.9. The predicted molar refractivity (Wildman–Crippen MR) is 168 cm³/mol. The minimum atomic E-state index is -3.54. The Morgan fingerprint density at radius 2 is 1.79 bits per heavy atom. The summed E-state index contributed by atoms with van der Waals surface area (Å²) < 4.78 is 39.4. The van der Waals surface area contributed by atoms with Crippen LogP contribution in [-0.2, 0) is 10.0 Å². The number of anilines is 2. The third-order valence-corrected chi connectivity index (χ3v) is 8.17. The van der Waals surface area contributed by atoms with Crippen LogP contribution in [0, 0.1) is 24.0 Å². The van der Waals surface area contributed by atoms with E-state index in [1.165, 1.54) is 26.4 Å². The number of thiocarbonyl (C=S) groups is 1. The van der Waals surface area contributed by atoms with E-state index < -0.39 is 21.0 Å². The second-order valence-corrected chi connectivity index (χ2v) is 12.2. The second kappa shape index (κ2) is 11.5. The zero-order valence-electron chi connectivity index (χ0n) is 24.1. The Bertz CT molecular complexity index is 1830. The fourth-order valence-electron chi connectivity index (χ4n) is 5.49. The molecule has 12 nitrogen and oxygen atoms in total. The van der Waals surface area contributed by atoms with Crippen LogP contribution in [0.25, 0.3) is 5.69 Å². The lowest BCUT2D eigenvalue weighted by Gasteiger charge is -2.29. The Kier molecular flexibility index (Phi) is 7.99. The van der Waals surface area contributed by atoms with Crippen molar-refractivity contribution in [3.63, 3.8) is 0 Å². The maximum absolute atomic E-state index is 11.9. The molecule has 5 rings (SSSR count). The summed E-state index contributed by atoms with van der Waals surface area (Å²) in [6, 6.07) is 16.5. The highest BCUT2D eigenvalue weighted by Crippen LogP contribution is 2.45. The molecule has 3 heterocycles. The molecule has 2 aromatic heterocycles. The Morgan fingerprint density at radius 3 is 2.42 bits per heavy atom. The van der Waals surface area contributed by atoms with Crippen LogP contribution in [0.5, 0.6) is 11.5 Å². The first-order chi connectivity index (χ1) is 20.4. The van der Waals surface area contributed by atoms with Gasteiger partial charge >= 0.3 is 0 Å². The predicted octanol–water partition coefficient (Wildman–Crippen LogP) is 4.96. The van der Waals surface area contributed by atoms with Gasteiger partial charge in [0.15, 0.2) is 5.11 Å². The summed E-state index contributed by atoms with van der Waals surface area (Å²) in [6.07, 6.45) is 2.78. The molecule has 43 heavy (non-hydrogen) atoms. The van der Waals surface area contributed by atoms with Crippen molar-refractivity contribution >= 4 is 44.4 Å². The van der Waals surface area contributed by atoms with E-state index >= 15 is 0 Å². The summed E-state index contributed by atoms with van der Waals surface area (Å²) in [7, 11) is -0.563. The third-order valence-electron chi connectivity index (χ3n) is 7.26. The number of nitro groups is 1. The largest absolute Gasteiger partial charge is 0.495 e. The monoisotopic (exact) mass is 622 g/mol. The fourth-order valence-corrected chi connectivity index (χ4v) is 6.40. The molecule has 0 radical (unpaired) electrons. The number of hydrogen-bond donors (Lipinski definition) is 2. The van der Waals surface area contributed by atoms with Crippen molar-refractivity contribution < 1.29 is 22.8 Å². The fraction of sp³-hybridized carbons (Fsp3) is 0.241. The highest BCUT2D eigenvalue weighted by molar-refractivity contribution is 7.92. The molecule has 2 atom stereocenters. The smallest absolute Gasteiger partial charge is 0.271 e. The van der Waals surface area contributed by atoms with Gasteiger partial charge in [0.25, 0.3) is 5.69 Å². The van der Waals surface area contributed by atoms with Crippen LogP contribution in [0.1, 0.15) is 34.7 Å². The quantitative estimate of drug-likeness (QED) is 0.149. The molecule has 14 heteroatoms. The molecule has 0 saturated carbocycles. The Balaban J connectivity index is 1.70. The number of nitro benzene ring substituents is 1. The van der Waals surface area contributed by atoms with E-state index in [4.69, 9.17) is 21.7 Å². The van der Waals surface area contributed by atoms with Crippen LogP contribution in [0.2, 0.25) is 0 Å². The number of benzene rings is 2. The average Bonchev–Trinajstić information content (AvgIpc) is 3.47. The van der Waals surface area contributed by atoms with Crippen LogP contribution in [0.4, 0.5) is 17.1 Å². The van der Waals surface area contributed by atoms with E-state index in [0.717, 1.165) is 28.9 Å². The standard InChI is InChI=1S/C29H30N6O6S2/c1-17-14-21(18(2)33(17)24-15-20(35(36)37)10-12-25(24)40-3)28-27(23-8-6-7-13-30-23)31-29(42)34(28)19-9-11-22(26(16-19)41-4)32-43(5,38)39/h6-16,27-28,32H,1-5H3,(H,31,42)/t27-,28+/m1/s1. The number of nitrogens with one attached hydrogen (secondary N) is 2. The molecule has 4 aromatic rings. The number of methoxy groups -OCH3 is 2. The van der Waals surface area contributed by atoms with E-state index in [-0.39, 0.29) is 11.7 Å². The van der Waals surface area contributed by atoms with Crippen LogP contribution >= 0.6 is 12.2 Å². The normalized spacial score (nSPS) is 16.6. The zero-order valence-corrected chi connectivity index (χ0v) is 25.7. The molecule has 224 valence electrons. The lowest BCUT2D eigenvalue weighted by molar-refractivity contribution is -0.384. The van der Waals surface area contributed by atoms with E-state index in [0.29, 0.717) is 33.7 Å². The van der Waals surface area contributed by atoms with Gasteiger partial charge in [0, 0.05) is 41.5 Å². The first kappa shape index (κ1) is 29.8. The third kappa shape index (κ3) is 5.70. The minimum Gasteiger partial charge on any atom is -0.495 e. The molecular formula is C29H30N6O6S2. The molecule has 0 aliphatic carbocycles. The number of sulfonamides is 1. The van der Waals surface area contributed by atoms with E-state index in [2.05, 4.69) is 15.0 Å². The maximum Gasteiger partial charge on any atom is 0.271 e. The summed E-state index contributed by atoms with van der Waals surface area (Å²) in [5.74, 6) is 0.799. The number of aromatic nitrogens is 2. The van der Waals surface area contributed by atoms with Gasteiger partial charge in [0.05, 0.1) is 54.6 Å². The summed E-state index contributed by atoms with van der Waals surface area (Å²) in [6.45, 7) is 3.86. The molecule has 2 N–H and O–H groups in total. The van der Waals surface area contributed by atoms with Crippen molar-refractivity contribution in [3.05, 3.63) is 99.6 Å². The lowest BCUT2D eigenvalue weighted by atomic mass is 9.96. The van der Waals surface area contributed by atoms with E-state index in [1.54, 1.807) is 30.5 Å². The highest BCUT2D eigenvalue weighted by atomic mass is 32.2. The molecule has 1 aliphatic rings. The number of pyridine rings is 1. The first-order valence-corrected chi connectivity index (χ1v) is 15.4. The van der Waals surface area contributed by atoms with Crippen molar-refractivity contribution in [3.8, 4) is 17.2 Å². The lowest BCUT2D eigenvalue weighted by Crippen LogP contribution is -2.29. The van der Waals surface area contributed by atoms with Gasteiger partial charge in [-0.15, -0.1) is 0 Å². The number of nitrogens with zero attached hydrogens (tertiary/aromatic N) is 4. The van der Waals surface area contributed by atoms with Gasteiger partial charge in [-0.25, -0.2) is 8.42 Å². The highest BCUT2D eigenvalue weighted by Gasteiger charge is 2.42. The molecule has 1 saturated heterocycles. The molecular weight excluding hydrogens is 592 g/mol. The molecule has 2 aromatic carbocycles. The number of rotatable bonds is 9. The SMILES string of the molecule is COc1cc(N2C(=S)N[C@H](c3ccccn3)[C@@H]2c2cc(C)n(-c3cc([N+](=O)[O-])ccc3OC)c2C)ccc1NS(C)(=O)=O. The van der Waals surface area contributed by atoms with Gasteiger partial charge in [0.1, 0.15) is 11.5 Å². The van der Waals surface area contributed by atoms with Crippen molar-refractivity contribution in [2.45, 2.75) is 25.9 Å². The van der Waals surface area contributed by atoms with Crippen LogP contribution in [0.15, 0.2) is 66.9 Å². The van der Waals surface area contributed by atoms with Crippen molar-refractivity contribution in [2.24, 2.45) is 0 Å². The molecule has 1 aliphatic heterocycles. The summed E-state index contributed by atoms with van der Waals surface area (Å²) in [5.41, 5.74) is 4.73. The van der Waals surface area contributed by atoms with Gasteiger partial charge in [-0.2, -0.15) is 0 Å². The number of non-ortho nitro benzene ring substituents is 1. The van der Waals surface area contributed by atoms with E-state index in [1.807, 2.05) is 47.6 Å². The van der Waals surface area contributed by atoms with Crippen molar-refractivity contribution in [1.82, 2.24) is 14.9 Å². The van der Waals surface area contributed by atoms with Crippen LogP contribution in [-0.4, -0.2) is 48.5 Å². The molecule has 0 bridgehead atoms. The number of hydrogen-bond acceptors (Lipinski definition) is 8. The van der Waals surface area contributed by atoms with Crippen LogP contribution < -0.4 is 24.4 Å². The van der Waals surface area contributed by atoms with Gasteiger partial charge < -0.3 is 24.3 Å². The van der Waals surface area contributed by atoms with Crippen molar-refractivity contribution in [1.29, 1.82) is 0 Å². The summed E-state index contributed by atoms with van der Waals surface area (Å²) >= 11 is 5.87. The minimum absolute atomic E-state index is 0.0589. The topological polar surface area (TPSA) is 141 Å².